The van der Waals surface area contributed by atoms with Gasteiger partial charge in [-0.1, -0.05) is 38.9 Å². The Bertz CT molecular complexity index is 740. The van der Waals surface area contributed by atoms with Crippen molar-refractivity contribution in [2.24, 2.45) is 17.0 Å². The van der Waals surface area contributed by atoms with Crippen LogP contribution in [-0.2, 0) is 9.63 Å². The number of Topliss-reactive ketones (excluding diaryl/α,β-unsaturated/α-hetero) is 1. The molecule has 132 valence electrons. The monoisotopic (exact) mass is 341 g/mol. The Morgan fingerprint density at radius 2 is 1.64 bits per heavy atom. The Balaban J connectivity index is 2.26. The third-order valence-corrected chi connectivity index (χ3v) is 3.91. The molecule has 5 heteroatoms. The number of methoxy groups -OCH3 is 1. The Morgan fingerprint density at radius 3 is 2.16 bits per heavy atom. The third-order valence-electron chi connectivity index (χ3n) is 3.91. The van der Waals surface area contributed by atoms with Crippen molar-refractivity contribution in [3.8, 4) is 5.75 Å². The molecule has 1 aromatic carbocycles. The van der Waals surface area contributed by atoms with Crippen molar-refractivity contribution < 1.29 is 19.2 Å². The van der Waals surface area contributed by atoms with Crippen LogP contribution in [0.25, 0.3) is 0 Å². The fourth-order valence-corrected chi connectivity index (χ4v) is 2.47. The average molecular weight is 341 g/mol. The number of benzene rings is 1. The molecule has 0 bridgehead atoms. The second kappa shape index (κ2) is 7.92. The first kappa shape index (κ1) is 18.6. The van der Waals surface area contributed by atoms with Gasteiger partial charge in [-0.25, -0.2) is 4.79 Å². The van der Waals surface area contributed by atoms with E-state index in [9.17, 15) is 9.59 Å². The van der Waals surface area contributed by atoms with E-state index in [-0.39, 0.29) is 17.6 Å². The van der Waals surface area contributed by atoms with Crippen LogP contribution in [0.3, 0.4) is 0 Å². The average Bonchev–Trinajstić information content (AvgIpc) is 2.59. The summed E-state index contributed by atoms with van der Waals surface area (Å²) >= 11 is 0. The topological polar surface area (TPSA) is 65.0 Å². The summed E-state index contributed by atoms with van der Waals surface area (Å²) in [6, 6.07) is 6.65. The van der Waals surface area contributed by atoms with Gasteiger partial charge in [0.1, 0.15) is 11.5 Å². The van der Waals surface area contributed by atoms with Crippen molar-refractivity contribution >= 4 is 17.5 Å². The highest BCUT2D eigenvalue weighted by atomic mass is 16.7. The number of hydrogen-bond acceptors (Lipinski definition) is 5. The lowest BCUT2D eigenvalue weighted by Gasteiger charge is -2.19. The van der Waals surface area contributed by atoms with Gasteiger partial charge in [-0.3, -0.25) is 4.79 Å². The van der Waals surface area contributed by atoms with Gasteiger partial charge in [0.15, 0.2) is 5.78 Å². The van der Waals surface area contributed by atoms with Crippen molar-refractivity contribution in [2.45, 2.75) is 27.7 Å². The molecule has 0 saturated carbocycles. The molecule has 25 heavy (non-hydrogen) atoms. The van der Waals surface area contributed by atoms with Crippen molar-refractivity contribution in [1.82, 2.24) is 0 Å². The first-order valence-corrected chi connectivity index (χ1v) is 8.24. The fourth-order valence-electron chi connectivity index (χ4n) is 2.47. The van der Waals surface area contributed by atoms with E-state index in [1.807, 2.05) is 27.7 Å². The molecule has 0 aromatic heterocycles. The molecule has 0 heterocycles. The predicted molar refractivity (Wildman–Crippen MR) is 96.7 cm³/mol. The van der Waals surface area contributed by atoms with E-state index < -0.39 is 5.97 Å². The van der Waals surface area contributed by atoms with Crippen LogP contribution < -0.4 is 4.74 Å². The number of carbonyl (C=O) groups is 2. The number of ketones is 1. The van der Waals surface area contributed by atoms with E-state index in [0.29, 0.717) is 28.2 Å². The first-order chi connectivity index (χ1) is 11.8. The lowest BCUT2D eigenvalue weighted by atomic mass is 9.84. The van der Waals surface area contributed by atoms with Gasteiger partial charge in [0.05, 0.1) is 12.7 Å². The van der Waals surface area contributed by atoms with Crippen molar-refractivity contribution in [3.63, 3.8) is 0 Å². The second-order valence-corrected chi connectivity index (χ2v) is 6.46. The summed E-state index contributed by atoms with van der Waals surface area (Å²) < 4.78 is 5.09. The Labute approximate surface area is 148 Å². The molecular weight excluding hydrogens is 318 g/mol. The van der Waals surface area contributed by atoms with E-state index in [4.69, 9.17) is 9.57 Å². The molecule has 1 aromatic rings. The number of hydrogen-bond donors (Lipinski definition) is 0. The minimum Gasteiger partial charge on any atom is -0.497 e. The van der Waals surface area contributed by atoms with Gasteiger partial charge in [0.2, 0.25) is 0 Å². The minimum atomic E-state index is -0.581. The molecule has 0 aliphatic heterocycles. The smallest absolute Gasteiger partial charge is 0.365 e. The summed E-state index contributed by atoms with van der Waals surface area (Å²) in [6.07, 6.45) is 3.36. The van der Waals surface area contributed by atoms with Crippen LogP contribution in [0.1, 0.15) is 38.1 Å². The van der Waals surface area contributed by atoms with E-state index >= 15 is 0 Å². The summed E-state index contributed by atoms with van der Waals surface area (Å²) in [5, 5.41) is 3.94. The van der Waals surface area contributed by atoms with Crippen molar-refractivity contribution in [2.75, 3.05) is 7.11 Å². The zero-order valence-electron chi connectivity index (χ0n) is 15.2. The number of rotatable bonds is 5. The van der Waals surface area contributed by atoms with Crippen LogP contribution in [0.2, 0.25) is 0 Å². The highest BCUT2D eigenvalue weighted by Crippen LogP contribution is 2.25. The lowest BCUT2D eigenvalue weighted by Crippen LogP contribution is -2.21. The number of allylic oxidation sites excluding steroid dienone is 4. The molecule has 0 spiro atoms. The van der Waals surface area contributed by atoms with Gasteiger partial charge in [-0.05, 0) is 42.2 Å². The van der Waals surface area contributed by atoms with Crippen LogP contribution in [-0.4, -0.2) is 24.6 Å². The van der Waals surface area contributed by atoms with Crippen LogP contribution in [0.5, 0.6) is 5.75 Å². The maximum Gasteiger partial charge on any atom is 0.365 e. The number of carbonyl (C=O) groups excluding carboxylic acids is 2. The molecule has 0 unspecified atom stereocenters. The largest absolute Gasteiger partial charge is 0.497 e. The minimum absolute atomic E-state index is 0.0306. The normalized spacial score (nSPS) is 14.4. The number of oxime groups is 1. The molecule has 0 saturated heterocycles. The fraction of sp³-hybridized carbons (Fsp3) is 0.350. The Kier molecular flexibility index (Phi) is 5.91. The molecule has 1 aliphatic carbocycles. The third kappa shape index (κ3) is 4.44. The van der Waals surface area contributed by atoms with E-state index in [2.05, 4.69) is 5.16 Å². The summed E-state index contributed by atoms with van der Waals surface area (Å²) in [7, 11) is 1.53. The summed E-state index contributed by atoms with van der Waals surface area (Å²) in [5.41, 5.74) is 2.14. The molecule has 1 aliphatic rings. The van der Waals surface area contributed by atoms with Crippen LogP contribution in [0.4, 0.5) is 0 Å². The zero-order chi connectivity index (χ0) is 18.6. The van der Waals surface area contributed by atoms with E-state index in [0.717, 1.165) is 0 Å². The number of ether oxygens (including phenoxy) is 1. The van der Waals surface area contributed by atoms with E-state index in [1.54, 1.807) is 36.4 Å². The Hall–Kier alpha value is -2.69. The molecule has 0 N–H and O–H groups in total. The van der Waals surface area contributed by atoms with Crippen molar-refractivity contribution in [3.05, 3.63) is 53.1 Å². The second-order valence-electron chi connectivity index (χ2n) is 6.46. The van der Waals surface area contributed by atoms with Gasteiger partial charge in [-0.15, -0.1) is 0 Å². The van der Waals surface area contributed by atoms with Crippen LogP contribution in [0, 0.1) is 11.8 Å². The molecule has 0 fully saturated rings. The molecular formula is C20H23NO4. The van der Waals surface area contributed by atoms with Crippen LogP contribution >= 0.6 is 0 Å². The van der Waals surface area contributed by atoms with Gasteiger partial charge >= 0.3 is 5.97 Å². The summed E-state index contributed by atoms with van der Waals surface area (Å²) in [6.45, 7) is 7.81. The van der Waals surface area contributed by atoms with Gasteiger partial charge in [0, 0.05) is 11.1 Å². The lowest BCUT2D eigenvalue weighted by molar-refractivity contribution is -0.113. The Morgan fingerprint density at radius 1 is 1.04 bits per heavy atom. The molecule has 0 atom stereocenters. The maximum atomic E-state index is 12.5. The molecule has 0 radical (unpaired) electrons. The molecule has 2 rings (SSSR count). The van der Waals surface area contributed by atoms with Gasteiger partial charge in [0.25, 0.3) is 0 Å². The highest BCUT2D eigenvalue weighted by molar-refractivity contribution is 6.22. The SMILES string of the molecule is COc1cccc(C(=O)ON=C2C=C(C(C)C)C(=O)C(C(C)C)=C2)c1. The predicted octanol–water partition coefficient (Wildman–Crippen LogP) is 3.96. The highest BCUT2D eigenvalue weighted by Gasteiger charge is 2.25. The first-order valence-electron chi connectivity index (χ1n) is 8.24. The maximum absolute atomic E-state index is 12.5. The summed E-state index contributed by atoms with van der Waals surface area (Å²) in [4.78, 5) is 29.7. The quantitative estimate of drug-likeness (QED) is 0.462. The zero-order valence-corrected chi connectivity index (χ0v) is 15.2. The molecule has 5 nitrogen and oxygen atoms in total. The van der Waals surface area contributed by atoms with E-state index in [1.165, 1.54) is 7.11 Å². The number of nitrogens with zero attached hydrogens (tertiary/aromatic N) is 1. The van der Waals surface area contributed by atoms with Crippen LogP contribution in [0.15, 0.2) is 52.7 Å². The van der Waals surface area contributed by atoms with Gasteiger partial charge in [-0.2, -0.15) is 0 Å². The van der Waals surface area contributed by atoms with Crippen molar-refractivity contribution in [1.29, 1.82) is 0 Å². The standard InChI is InChI=1S/C20H23NO4/c1-12(2)17-10-15(11-18(13(3)4)19(17)22)21-25-20(23)14-7-6-8-16(9-14)24-5/h6-13H,1-5H3. The summed E-state index contributed by atoms with van der Waals surface area (Å²) in [5.74, 6) is 0.142. The van der Waals surface area contributed by atoms with Gasteiger partial charge < -0.3 is 9.57 Å². The molecule has 0 amide bonds.